The Morgan fingerprint density at radius 3 is 2.75 bits per heavy atom. The molecule has 1 aliphatic carbocycles. The summed E-state index contributed by atoms with van der Waals surface area (Å²) in [7, 11) is 6.02. The van der Waals surface area contributed by atoms with Crippen molar-refractivity contribution < 1.29 is 4.74 Å². The summed E-state index contributed by atoms with van der Waals surface area (Å²) in [6.45, 7) is 5.55. The van der Waals surface area contributed by atoms with Crippen LogP contribution in [-0.4, -0.2) is 38.2 Å². The van der Waals surface area contributed by atoms with Crippen molar-refractivity contribution in [1.82, 2.24) is 10.2 Å². The molecule has 0 aliphatic heterocycles. The van der Waals surface area contributed by atoms with Gasteiger partial charge in [-0.3, -0.25) is 0 Å². The fraction of sp³-hybridized carbons (Fsp3) is 0.647. The van der Waals surface area contributed by atoms with Crippen molar-refractivity contribution in [2.24, 2.45) is 0 Å². The number of benzene rings is 1. The second-order valence-corrected chi connectivity index (χ2v) is 6.60. The molecule has 1 N–H and O–H groups in total. The molecule has 0 amide bonds. The van der Waals surface area contributed by atoms with E-state index in [2.05, 4.69) is 56.4 Å². The molecule has 1 atom stereocenters. The van der Waals surface area contributed by atoms with E-state index < -0.39 is 0 Å². The fourth-order valence-corrected chi connectivity index (χ4v) is 2.66. The summed E-state index contributed by atoms with van der Waals surface area (Å²) in [4.78, 5) is 2.28. The third-order valence-electron chi connectivity index (χ3n) is 4.66. The second-order valence-electron chi connectivity index (χ2n) is 6.60. The van der Waals surface area contributed by atoms with Gasteiger partial charge in [-0.2, -0.15) is 0 Å². The van der Waals surface area contributed by atoms with Gasteiger partial charge in [0, 0.05) is 18.1 Å². The van der Waals surface area contributed by atoms with Crippen molar-refractivity contribution >= 4 is 0 Å². The zero-order chi connectivity index (χ0) is 14.8. The molecule has 2 rings (SSSR count). The van der Waals surface area contributed by atoms with Crippen LogP contribution in [0.25, 0.3) is 0 Å². The van der Waals surface area contributed by atoms with Crippen molar-refractivity contribution in [2.45, 2.75) is 44.7 Å². The normalized spacial score (nSPS) is 19.0. The Hall–Kier alpha value is -1.06. The molecule has 0 fully saturated rings. The largest absolute Gasteiger partial charge is 0.497 e. The first-order valence-electron chi connectivity index (χ1n) is 7.51. The van der Waals surface area contributed by atoms with Gasteiger partial charge in [0.2, 0.25) is 0 Å². The summed E-state index contributed by atoms with van der Waals surface area (Å²) < 4.78 is 5.33. The van der Waals surface area contributed by atoms with Gasteiger partial charge < -0.3 is 15.0 Å². The standard InChI is InChI=1S/C17H28N2O/c1-17(2,19(3)4)12-18-16-8-6-7-13-11-14(20-5)9-10-15(13)16/h9-11,16,18H,6-8,12H2,1-5H3. The molecule has 0 heterocycles. The highest BCUT2D eigenvalue weighted by molar-refractivity contribution is 5.39. The number of hydrogen-bond donors (Lipinski definition) is 1. The molecule has 0 aromatic heterocycles. The maximum Gasteiger partial charge on any atom is 0.119 e. The number of fused-ring (bicyclic) bond motifs is 1. The Bertz CT molecular complexity index is 454. The number of nitrogens with one attached hydrogen (secondary N) is 1. The van der Waals surface area contributed by atoms with E-state index in [1.165, 1.54) is 30.4 Å². The first-order valence-corrected chi connectivity index (χ1v) is 7.51. The first-order chi connectivity index (χ1) is 9.44. The molecule has 20 heavy (non-hydrogen) atoms. The van der Waals surface area contributed by atoms with Crippen molar-refractivity contribution in [1.29, 1.82) is 0 Å². The Balaban J connectivity index is 2.09. The van der Waals surface area contributed by atoms with E-state index in [0.717, 1.165) is 12.3 Å². The Morgan fingerprint density at radius 1 is 1.35 bits per heavy atom. The van der Waals surface area contributed by atoms with Gasteiger partial charge in [-0.1, -0.05) is 6.07 Å². The second kappa shape index (κ2) is 6.15. The first kappa shape index (κ1) is 15.3. The summed E-state index contributed by atoms with van der Waals surface area (Å²) in [5.41, 5.74) is 3.06. The maximum atomic E-state index is 5.33. The summed E-state index contributed by atoms with van der Waals surface area (Å²) >= 11 is 0. The quantitative estimate of drug-likeness (QED) is 0.895. The van der Waals surface area contributed by atoms with Crippen LogP contribution in [0.4, 0.5) is 0 Å². The number of aryl methyl sites for hydroxylation is 1. The lowest BCUT2D eigenvalue weighted by Gasteiger charge is -2.36. The van der Waals surface area contributed by atoms with Crippen LogP contribution in [0.2, 0.25) is 0 Å². The highest BCUT2D eigenvalue weighted by atomic mass is 16.5. The van der Waals surface area contributed by atoms with Crippen LogP contribution in [-0.2, 0) is 6.42 Å². The van der Waals surface area contributed by atoms with Crippen molar-refractivity contribution in [3.63, 3.8) is 0 Å². The van der Waals surface area contributed by atoms with E-state index in [-0.39, 0.29) is 5.54 Å². The number of ether oxygens (including phenoxy) is 1. The Labute approximate surface area is 123 Å². The molecule has 0 saturated heterocycles. The molecule has 3 nitrogen and oxygen atoms in total. The summed E-state index contributed by atoms with van der Waals surface area (Å²) in [6, 6.07) is 6.98. The molecule has 1 aromatic carbocycles. The molecule has 0 bridgehead atoms. The van der Waals surface area contributed by atoms with Gasteiger partial charge in [0.15, 0.2) is 0 Å². The highest BCUT2D eigenvalue weighted by Gasteiger charge is 2.25. The summed E-state index contributed by atoms with van der Waals surface area (Å²) in [6.07, 6.45) is 3.64. The topological polar surface area (TPSA) is 24.5 Å². The average molecular weight is 276 g/mol. The van der Waals surface area contributed by atoms with E-state index >= 15 is 0 Å². The third kappa shape index (κ3) is 3.33. The predicted molar refractivity (Wildman–Crippen MR) is 84.4 cm³/mol. The molecule has 1 aromatic rings. The molecule has 0 saturated carbocycles. The summed E-state index contributed by atoms with van der Waals surface area (Å²) in [5, 5.41) is 3.75. The minimum absolute atomic E-state index is 0.171. The minimum Gasteiger partial charge on any atom is -0.497 e. The van der Waals surface area contributed by atoms with E-state index in [1.54, 1.807) is 7.11 Å². The van der Waals surface area contributed by atoms with Crippen LogP contribution >= 0.6 is 0 Å². The highest BCUT2D eigenvalue weighted by Crippen LogP contribution is 2.32. The maximum absolute atomic E-state index is 5.33. The molecule has 1 unspecified atom stereocenters. The third-order valence-corrected chi connectivity index (χ3v) is 4.66. The molecule has 0 spiro atoms. The van der Waals surface area contributed by atoms with Crippen LogP contribution in [0.3, 0.4) is 0 Å². The van der Waals surface area contributed by atoms with Gasteiger partial charge in [-0.15, -0.1) is 0 Å². The average Bonchev–Trinajstić information content (AvgIpc) is 2.44. The van der Waals surface area contributed by atoms with Crippen LogP contribution < -0.4 is 10.1 Å². The van der Waals surface area contributed by atoms with Gasteiger partial charge >= 0.3 is 0 Å². The SMILES string of the molecule is COc1ccc2c(c1)CCCC2NCC(C)(C)N(C)C. The fourth-order valence-electron chi connectivity index (χ4n) is 2.66. The monoisotopic (exact) mass is 276 g/mol. The van der Waals surface area contributed by atoms with Crippen LogP contribution in [0.5, 0.6) is 5.75 Å². The summed E-state index contributed by atoms with van der Waals surface area (Å²) in [5.74, 6) is 0.970. The molecule has 0 radical (unpaired) electrons. The number of likely N-dealkylation sites (N-methyl/N-ethyl adjacent to an activating group) is 1. The number of rotatable bonds is 5. The predicted octanol–water partition coefficient (Wildman–Crippen LogP) is 3.00. The minimum atomic E-state index is 0.171. The molecule has 3 heteroatoms. The van der Waals surface area contributed by atoms with E-state index in [9.17, 15) is 0 Å². The van der Waals surface area contributed by atoms with E-state index in [4.69, 9.17) is 4.74 Å². The lowest BCUT2D eigenvalue weighted by atomic mass is 9.87. The van der Waals surface area contributed by atoms with Gasteiger partial charge in [0.25, 0.3) is 0 Å². The van der Waals surface area contributed by atoms with E-state index in [0.29, 0.717) is 6.04 Å². The Kier molecular flexibility index (Phi) is 4.71. The number of hydrogen-bond acceptors (Lipinski definition) is 3. The van der Waals surface area contributed by atoms with Crippen LogP contribution in [0.1, 0.15) is 43.9 Å². The molecule has 112 valence electrons. The van der Waals surface area contributed by atoms with Crippen molar-refractivity contribution in [3.8, 4) is 5.75 Å². The van der Waals surface area contributed by atoms with E-state index in [1.807, 2.05) is 0 Å². The lowest BCUT2D eigenvalue weighted by Crippen LogP contribution is -2.47. The molecule has 1 aliphatic rings. The van der Waals surface area contributed by atoms with Crippen LogP contribution in [0, 0.1) is 0 Å². The number of methoxy groups -OCH3 is 1. The zero-order valence-electron chi connectivity index (χ0n) is 13.5. The van der Waals surface area contributed by atoms with Gasteiger partial charge in [0.05, 0.1) is 7.11 Å². The zero-order valence-corrected chi connectivity index (χ0v) is 13.5. The molecular weight excluding hydrogens is 248 g/mol. The van der Waals surface area contributed by atoms with Crippen LogP contribution in [0.15, 0.2) is 18.2 Å². The van der Waals surface area contributed by atoms with Crippen molar-refractivity contribution in [3.05, 3.63) is 29.3 Å². The number of nitrogens with zero attached hydrogens (tertiary/aromatic N) is 1. The van der Waals surface area contributed by atoms with Gasteiger partial charge in [-0.05, 0) is 70.5 Å². The Morgan fingerprint density at radius 2 is 2.10 bits per heavy atom. The van der Waals surface area contributed by atoms with Crippen molar-refractivity contribution in [2.75, 3.05) is 27.7 Å². The van der Waals surface area contributed by atoms with Gasteiger partial charge in [-0.25, -0.2) is 0 Å². The smallest absolute Gasteiger partial charge is 0.119 e. The molecular formula is C17H28N2O. The van der Waals surface area contributed by atoms with Gasteiger partial charge in [0.1, 0.15) is 5.75 Å². The lowest BCUT2D eigenvalue weighted by molar-refractivity contribution is 0.182.